The summed E-state index contributed by atoms with van der Waals surface area (Å²) in [6.45, 7) is 5.79. The predicted octanol–water partition coefficient (Wildman–Crippen LogP) is 4.99. The van der Waals surface area contributed by atoms with Crippen LogP contribution in [0.3, 0.4) is 0 Å². The van der Waals surface area contributed by atoms with Crippen LogP contribution in [0.4, 0.5) is 17.6 Å². The lowest BCUT2D eigenvalue weighted by Crippen LogP contribution is -2.15. The first-order valence-electron chi connectivity index (χ1n) is 7.82. The fourth-order valence-corrected chi connectivity index (χ4v) is 2.29. The van der Waals surface area contributed by atoms with Gasteiger partial charge in [0.05, 0.1) is 11.4 Å². The number of alkyl halides is 3. The Hall–Kier alpha value is -2.77. The second kappa shape index (κ2) is 6.19. The molecular weight excluding hydrogens is 348 g/mol. The molecule has 8 heteroatoms. The van der Waals surface area contributed by atoms with Crippen molar-refractivity contribution in [2.24, 2.45) is 0 Å². The molecule has 0 unspecified atom stereocenters. The molecular formula is C18H16F4N4. The lowest BCUT2D eigenvalue weighted by atomic mass is 9.91. The summed E-state index contributed by atoms with van der Waals surface area (Å²) in [7, 11) is 0. The van der Waals surface area contributed by atoms with Gasteiger partial charge in [0.2, 0.25) is 0 Å². The lowest BCUT2D eigenvalue weighted by molar-refractivity contribution is -0.141. The number of halogens is 4. The van der Waals surface area contributed by atoms with Gasteiger partial charge in [-0.15, -0.1) is 0 Å². The van der Waals surface area contributed by atoms with Gasteiger partial charge in [-0.3, -0.25) is 5.10 Å². The van der Waals surface area contributed by atoms with E-state index >= 15 is 0 Å². The summed E-state index contributed by atoms with van der Waals surface area (Å²) in [5, 5.41) is 5.71. The average Bonchev–Trinajstić information content (AvgIpc) is 3.04. The third-order valence-electron chi connectivity index (χ3n) is 3.74. The van der Waals surface area contributed by atoms with Crippen LogP contribution in [0.5, 0.6) is 0 Å². The molecule has 0 bridgehead atoms. The fourth-order valence-electron chi connectivity index (χ4n) is 2.29. The molecule has 1 aromatic carbocycles. The van der Waals surface area contributed by atoms with Crippen LogP contribution in [0, 0.1) is 5.82 Å². The molecule has 0 saturated heterocycles. The average molecular weight is 364 g/mol. The Morgan fingerprint density at radius 1 is 0.885 bits per heavy atom. The second-order valence-corrected chi connectivity index (χ2v) is 6.88. The molecule has 0 spiro atoms. The Labute approximate surface area is 147 Å². The van der Waals surface area contributed by atoms with E-state index in [0.29, 0.717) is 17.1 Å². The number of nitrogens with one attached hydrogen (secondary N) is 1. The van der Waals surface area contributed by atoms with Crippen LogP contribution in [-0.4, -0.2) is 20.2 Å². The van der Waals surface area contributed by atoms with E-state index in [1.54, 1.807) is 6.07 Å². The van der Waals surface area contributed by atoms with Gasteiger partial charge < -0.3 is 0 Å². The first-order valence-corrected chi connectivity index (χ1v) is 7.82. The van der Waals surface area contributed by atoms with Gasteiger partial charge in [0.15, 0.2) is 5.82 Å². The third kappa shape index (κ3) is 3.74. The van der Waals surface area contributed by atoms with Gasteiger partial charge in [0.1, 0.15) is 17.2 Å². The number of benzene rings is 1. The van der Waals surface area contributed by atoms with Gasteiger partial charge in [-0.25, -0.2) is 14.4 Å². The molecule has 3 rings (SSSR count). The number of aromatic amines is 1. The van der Waals surface area contributed by atoms with Crippen LogP contribution in [-0.2, 0) is 11.6 Å². The predicted molar refractivity (Wildman–Crippen MR) is 88.7 cm³/mol. The molecule has 0 radical (unpaired) electrons. The van der Waals surface area contributed by atoms with Gasteiger partial charge in [-0.2, -0.15) is 18.3 Å². The molecule has 0 fully saturated rings. The molecule has 0 aliphatic heterocycles. The summed E-state index contributed by atoms with van der Waals surface area (Å²) in [6, 6.07) is 8.11. The Morgan fingerprint density at radius 3 is 2.08 bits per heavy atom. The van der Waals surface area contributed by atoms with Crippen molar-refractivity contribution in [3.63, 3.8) is 0 Å². The first-order chi connectivity index (χ1) is 12.0. The summed E-state index contributed by atoms with van der Waals surface area (Å²) in [5.74, 6) is -0.105. The molecule has 1 N–H and O–H groups in total. The van der Waals surface area contributed by atoms with E-state index in [0.717, 1.165) is 6.07 Å². The van der Waals surface area contributed by atoms with Gasteiger partial charge >= 0.3 is 6.18 Å². The van der Waals surface area contributed by atoms with Crippen LogP contribution in [0.25, 0.3) is 22.8 Å². The van der Waals surface area contributed by atoms with Gasteiger partial charge in [0.25, 0.3) is 0 Å². The zero-order valence-corrected chi connectivity index (χ0v) is 14.3. The van der Waals surface area contributed by atoms with E-state index in [1.165, 1.54) is 24.3 Å². The van der Waals surface area contributed by atoms with Gasteiger partial charge in [-0.05, 0) is 36.4 Å². The normalized spacial score (nSPS) is 12.4. The maximum absolute atomic E-state index is 13.2. The minimum absolute atomic E-state index is 0.0635. The summed E-state index contributed by atoms with van der Waals surface area (Å²) < 4.78 is 51.7. The molecule has 0 saturated carbocycles. The summed E-state index contributed by atoms with van der Waals surface area (Å²) in [4.78, 5) is 8.82. The van der Waals surface area contributed by atoms with Crippen LogP contribution >= 0.6 is 0 Å². The van der Waals surface area contributed by atoms with E-state index in [9.17, 15) is 17.6 Å². The maximum atomic E-state index is 13.2. The topological polar surface area (TPSA) is 54.5 Å². The van der Waals surface area contributed by atoms with Crippen molar-refractivity contribution < 1.29 is 17.6 Å². The zero-order chi connectivity index (χ0) is 19.1. The van der Waals surface area contributed by atoms with E-state index < -0.39 is 17.7 Å². The quantitative estimate of drug-likeness (QED) is 0.652. The Morgan fingerprint density at radius 2 is 1.54 bits per heavy atom. The summed E-state index contributed by atoms with van der Waals surface area (Å²) >= 11 is 0. The third-order valence-corrected chi connectivity index (χ3v) is 3.74. The van der Waals surface area contributed by atoms with E-state index in [2.05, 4.69) is 15.1 Å². The van der Waals surface area contributed by atoms with Crippen LogP contribution in [0.1, 0.15) is 32.2 Å². The van der Waals surface area contributed by atoms with E-state index in [1.807, 2.05) is 25.9 Å². The summed E-state index contributed by atoms with van der Waals surface area (Å²) in [5.41, 5.74) is 0.204. The molecule has 2 heterocycles. The molecule has 3 aromatic rings. The van der Waals surface area contributed by atoms with Crippen LogP contribution < -0.4 is 0 Å². The molecule has 4 nitrogen and oxygen atoms in total. The standard InChI is InChI=1S/C18H16F4N4/c1-17(2,3)14-8-12(13-9-15(26-25-13)18(20,21)22)23-16(24-14)10-4-6-11(19)7-5-10/h4-9H,1-3H3,(H,25,26). The molecule has 0 atom stereocenters. The Bertz CT molecular complexity index is 922. The number of hydrogen-bond acceptors (Lipinski definition) is 3. The number of nitrogens with zero attached hydrogens (tertiary/aromatic N) is 3. The molecule has 0 aliphatic rings. The molecule has 0 amide bonds. The molecule has 26 heavy (non-hydrogen) atoms. The van der Waals surface area contributed by atoms with Crippen molar-refractivity contribution in [1.82, 2.24) is 20.2 Å². The minimum atomic E-state index is -4.52. The van der Waals surface area contributed by atoms with Crippen molar-refractivity contribution in [3.05, 3.63) is 53.6 Å². The lowest BCUT2D eigenvalue weighted by Gasteiger charge is -2.19. The second-order valence-electron chi connectivity index (χ2n) is 6.88. The number of aromatic nitrogens is 4. The van der Waals surface area contributed by atoms with Gasteiger partial charge in [0, 0.05) is 11.0 Å². The highest BCUT2D eigenvalue weighted by Gasteiger charge is 2.33. The fraction of sp³-hybridized carbons (Fsp3) is 0.278. The van der Waals surface area contributed by atoms with Crippen molar-refractivity contribution >= 4 is 0 Å². The minimum Gasteiger partial charge on any atom is -0.273 e. The SMILES string of the molecule is CC(C)(C)c1cc(-c2cc(C(F)(F)F)[nH]n2)nc(-c2ccc(F)cc2)n1. The monoisotopic (exact) mass is 364 g/mol. The molecule has 0 aliphatic carbocycles. The highest BCUT2D eigenvalue weighted by atomic mass is 19.4. The zero-order valence-electron chi connectivity index (χ0n) is 14.3. The highest BCUT2D eigenvalue weighted by molar-refractivity contribution is 5.62. The number of rotatable bonds is 2. The van der Waals surface area contributed by atoms with Crippen molar-refractivity contribution in [3.8, 4) is 22.8 Å². The van der Waals surface area contributed by atoms with Crippen molar-refractivity contribution in [2.45, 2.75) is 32.4 Å². The Balaban J connectivity index is 2.14. The largest absolute Gasteiger partial charge is 0.432 e. The maximum Gasteiger partial charge on any atom is 0.432 e. The first kappa shape index (κ1) is 18.0. The molecule has 2 aromatic heterocycles. The smallest absolute Gasteiger partial charge is 0.273 e. The number of H-pyrrole nitrogens is 1. The van der Waals surface area contributed by atoms with Gasteiger partial charge in [-0.1, -0.05) is 20.8 Å². The van der Waals surface area contributed by atoms with Crippen molar-refractivity contribution in [1.29, 1.82) is 0 Å². The molecule has 136 valence electrons. The van der Waals surface area contributed by atoms with Crippen LogP contribution in [0.2, 0.25) is 0 Å². The number of hydrogen-bond donors (Lipinski definition) is 1. The van der Waals surface area contributed by atoms with Crippen molar-refractivity contribution in [2.75, 3.05) is 0 Å². The van der Waals surface area contributed by atoms with Crippen LogP contribution in [0.15, 0.2) is 36.4 Å². The highest BCUT2D eigenvalue weighted by Crippen LogP contribution is 2.32. The van der Waals surface area contributed by atoms with E-state index in [4.69, 9.17) is 0 Å². The Kier molecular flexibility index (Phi) is 4.29. The van der Waals surface area contributed by atoms with E-state index in [-0.39, 0.29) is 16.8 Å². The summed E-state index contributed by atoms with van der Waals surface area (Å²) in [6.07, 6.45) is -4.52.